The molecule has 0 spiro atoms. The minimum atomic E-state index is -4.56. The number of nitrogens with zero attached hydrogens (tertiary/aromatic N) is 2. The van der Waals surface area contributed by atoms with E-state index in [9.17, 15) is 23.1 Å². The molecule has 2 aromatic rings. The number of carbonyl (C=O) groups is 1. The summed E-state index contributed by atoms with van der Waals surface area (Å²) in [6, 6.07) is 5.11. The van der Waals surface area contributed by atoms with E-state index in [2.05, 4.69) is 10.4 Å². The second kappa shape index (κ2) is 5.73. The van der Waals surface area contributed by atoms with Crippen LogP contribution in [0.5, 0.6) is 5.75 Å². The van der Waals surface area contributed by atoms with Gasteiger partial charge in [0.2, 0.25) is 0 Å². The fourth-order valence-corrected chi connectivity index (χ4v) is 2.73. The standard InChI is InChI=1S/C15H14F3N3O3/c1-24-9-4-2-8(3-5-9)10-6-12(15(16,17)18)21-13(19-10)7-11(20-21)14(22)23/h2-5,7,10,12,19H,6H2,1H3,(H,22,23)/p-1/t10-,12-/m0/s1. The molecule has 24 heavy (non-hydrogen) atoms. The van der Waals surface area contributed by atoms with E-state index in [4.69, 9.17) is 4.74 Å². The van der Waals surface area contributed by atoms with E-state index >= 15 is 0 Å². The molecule has 1 aromatic carbocycles. The third-order valence-corrected chi connectivity index (χ3v) is 3.92. The molecule has 0 aliphatic carbocycles. The van der Waals surface area contributed by atoms with Crippen molar-refractivity contribution in [1.29, 1.82) is 0 Å². The van der Waals surface area contributed by atoms with Crippen molar-refractivity contribution in [2.45, 2.75) is 24.7 Å². The van der Waals surface area contributed by atoms with E-state index in [1.54, 1.807) is 24.3 Å². The molecule has 1 aliphatic heterocycles. The van der Waals surface area contributed by atoms with Crippen LogP contribution in [0, 0.1) is 0 Å². The van der Waals surface area contributed by atoms with Crippen LogP contribution in [-0.2, 0) is 0 Å². The number of hydrogen-bond donors (Lipinski definition) is 1. The Balaban J connectivity index is 1.98. The lowest BCUT2D eigenvalue weighted by Gasteiger charge is -2.33. The molecule has 0 unspecified atom stereocenters. The largest absolute Gasteiger partial charge is 0.543 e. The lowest BCUT2D eigenvalue weighted by Crippen LogP contribution is -2.35. The van der Waals surface area contributed by atoms with Gasteiger partial charge in [0, 0.05) is 12.5 Å². The Hall–Kier alpha value is -2.71. The van der Waals surface area contributed by atoms with Crippen molar-refractivity contribution in [2.75, 3.05) is 12.4 Å². The number of carboxylic acids is 1. The third-order valence-electron chi connectivity index (χ3n) is 3.92. The van der Waals surface area contributed by atoms with Gasteiger partial charge in [-0.2, -0.15) is 18.3 Å². The molecule has 3 rings (SSSR count). The van der Waals surface area contributed by atoms with Crippen molar-refractivity contribution in [3.8, 4) is 5.75 Å². The minimum absolute atomic E-state index is 0.0106. The number of hydrogen-bond acceptors (Lipinski definition) is 5. The summed E-state index contributed by atoms with van der Waals surface area (Å²) < 4.78 is 45.8. The number of carboxylic acid groups (broad SMARTS) is 1. The van der Waals surface area contributed by atoms with E-state index in [0.29, 0.717) is 16.0 Å². The van der Waals surface area contributed by atoms with Crippen LogP contribution in [0.3, 0.4) is 0 Å². The molecule has 1 aromatic heterocycles. The number of anilines is 1. The molecule has 0 fully saturated rings. The summed E-state index contributed by atoms with van der Waals surface area (Å²) in [6.07, 6.45) is -4.87. The quantitative estimate of drug-likeness (QED) is 0.923. The average molecular weight is 340 g/mol. The van der Waals surface area contributed by atoms with Gasteiger partial charge in [-0.05, 0) is 17.7 Å². The summed E-state index contributed by atoms with van der Waals surface area (Å²) in [5.41, 5.74) is 0.0923. The number of halogens is 3. The first-order valence-corrected chi connectivity index (χ1v) is 7.07. The second-order valence-electron chi connectivity index (χ2n) is 5.41. The highest BCUT2D eigenvalue weighted by atomic mass is 19.4. The Morgan fingerprint density at radius 3 is 2.58 bits per heavy atom. The highest BCUT2D eigenvalue weighted by Gasteiger charge is 2.46. The summed E-state index contributed by atoms with van der Waals surface area (Å²) in [6.45, 7) is 0. The van der Waals surface area contributed by atoms with Gasteiger partial charge in [0.1, 0.15) is 17.3 Å². The fourth-order valence-electron chi connectivity index (χ4n) is 2.73. The van der Waals surface area contributed by atoms with Crippen LogP contribution in [0.4, 0.5) is 19.0 Å². The Morgan fingerprint density at radius 2 is 2.04 bits per heavy atom. The SMILES string of the molecule is COc1ccc([C@@H]2C[C@@H](C(F)(F)F)n3nc(C(=O)[O-])cc3N2)cc1. The number of aromatic carboxylic acids is 1. The van der Waals surface area contributed by atoms with Crippen molar-refractivity contribution in [1.82, 2.24) is 9.78 Å². The van der Waals surface area contributed by atoms with Gasteiger partial charge in [-0.3, -0.25) is 0 Å². The Labute approximate surface area is 134 Å². The van der Waals surface area contributed by atoms with E-state index in [0.717, 1.165) is 6.07 Å². The number of aromatic nitrogens is 2. The zero-order chi connectivity index (χ0) is 17.5. The van der Waals surface area contributed by atoms with Crippen molar-refractivity contribution in [3.05, 3.63) is 41.6 Å². The predicted molar refractivity (Wildman–Crippen MR) is 75.6 cm³/mol. The summed E-state index contributed by atoms with van der Waals surface area (Å²) in [4.78, 5) is 10.9. The highest BCUT2D eigenvalue weighted by Crippen LogP contribution is 2.43. The van der Waals surface area contributed by atoms with E-state index in [1.807, 2.05) is 0 Å². The monoisotopic (exact) mass is 340 g/mol. The van der Waals surface area contributed by atoms with Crippen LogP contribution in [0.1, 0.15) is 34.6 Å². The number of nitrogens with one attached hydrogen (secondary N) is 1. The number of carbonyl (C=O) groups excluding carboxylic acids is 1. The summed E-state index contributed by atoms with van der Waals surface area (Å²) in [5.74, 6) is -1.05. The predicted octanol–water partition coefficient (Wildman–Crippen LogP) is 1.92. The lowest BCUT2D eigenvalue weighted by atomic mass is 9.97. The molecule has 9 heteroatoms. The van der Waals surface area contributed by atoms with E-state index in [-0.39, 0.29) is 12.2 Å². The van der Waals surface area contributed by atoms with Crippen LogP contribution < -0.4 is 15.2 Å². The molecule has 1 N–H and O–H groups in total. The van der Waals surface area contributed by atoms with E-state index < -0.39 is 29.9 Å². The maximum Gasteiger partial charge on any atom is 0.410 e. The normalized spacial score (nSPS) is 20.2. The van der Waals surface area contributed by atoms with Crippen molar-refractivity contribution < 1.29 is 27.8 Å². The van der Waals surface area contributed by atoms with Crippen molar-refractivity contribution in [3.63, 3.8) is 0 Å². The van der Waals surface area contributed by atoms with Crippen molar-refractivity contribution >= 4 is 11.8 Å². The summed E-state index contributed by atoms with van der Waals surface area (Å²) in [7, 11) is 1.49. The van der Waals surface area contributed by atoms with Crippen LogP contribution >= 0.6 is 0 Å². The zero-order valence-electron chi connectivity index (χ0n) is 12.5. The van der Waals surface area contributed by atoms with Gasteiger partial charge in [-0.25, -0.2) is 4.68 Å². The first-order chi connectivity index (χ1) is 11.3. The maximum atomic E-state index is 13.4. The van der Waals surface area contributed by atoms with Gasteiger partial charge in [0.15, 0.2) is 6.04 Å². The summed E-state index contributed by atoms with van der Waals surface area (Å²) >= 11 is 0. The average Bonchev–Trinajstić information content (AvgIpc) is 2.97. The smallest absolute Gasteiger partial charge is 0.410 e. The van der Waals surface area contributed by atoms with Gasteiger partial charge < -0.3 is 20.0 Å². The second-order valence-corrected chi connectivity index (χ2v) is 5.41. The van der Waals surface area contributed by atoms with Crippen LogP contribution in [0.25, 0.3) is 0 Å². The van der Waals surface area contributed by atoms with Gasteiger partial charge >= 0.3 is 6.18 Å². The fraction of sp³-hybridized carbons (Fsp3) is 0.333. The zero-order valence-corrected chi connectivity index (χ0v) is 12.5. The number of alkyl halides is 3. The van der Waals surface area contributed by atoms with Crippen LogP contribution in [-0.4, -0.2) is 29.0 Å². The number of methoxy groups -OCH3 is 1. The number of rotatable bonds is 3. The van der Waals surface area contributed by atoms with Crippen LogP contribution in [0.2, 0.25) is 0 Å². The molecule has 128 valence electrons. The number of fused-ring (bicyclic) bond motifs is 1. The topological polar surface area (TPSA) is 79.2 Å². The Morgan fingerprint density at radius 1 is 1.38 bits per heavy atom. The molecular weight excluding hydrogens is 327 g/mol. The van der Waals surface area contributed by atoms with E-state index in [1.165, 1.54) is 7.11 Å². The number of ether oxygens (including phenoxy) is 1. The van der Waals surface area contributed by atoms with Gasteiger partial charge in [-0.15, -0.1) is 0 Å². The van der Waals surface area contributed by atoms with Crippen LogP contribution in [0.15, 0.2) is 30.3 Å². The first-order valence-electron chi connectivity index (χ1n) is 7.07. The van der Waals surface area contributed by atoms with Crippen molar-refractivity contribution in [2.24, 2.45) is 0 Å². The maximum absolute atomic E-state index is 13.4. The molecule has 2 heterocycles. The van der Waals surface area contributed by atoms with Gasteiger partial charge in [0.05, 0.1) is 19.1 Å². The Kier molecular flexibility index (Phi) is 3.86. The minimum Gasteiger partial charge on any atom is -0.543 e. The number of benzene rings is 1. The van der Waals surface area contributed by atoms with Gasteiger partial charge in [-0.1, -0.05) is 12.1 Å². The molecule has 0 radical (unpaired) electrons. The molecule has 0 saturated heterocycles. The third kappa shape index (κ3) is 2.89. The molecule has 0 amide bonds. The molecule has 0 bridgehead atoms. The first kappa shape index (κ1) is 16.2. The summed E-state index contributed by atoms with van der Waals surface area (Å²) in [5, 5.41) is 17.3. The van der Waals surface area contributed by atoms with Gasteiger partial charge in [0.25, 0.3) is 0 Å². The molecule has 6 nitrogen and oxygen atoms in total. The molecular formula is C15H13F3N3O3-. The molecule has 0 saturated carbocycles. The highest BCUT2D eigenvalue weighted by molar-refractivity contribution is 5.84. The molecule has 1 aliphatic rings. The lowest BCUT2D eigenvalue weighted by molar-refractivity contribution is -0.255. The molecule has 2 atom stereocenters. The Bertz CT molecular complexity index is 756.